The summed E-state index contributed by atoms with van der Waals surface area (Å²) in [4.78, 5) is 3.89. The average Bonchev–Trinajstić information content (AvgIpc) is 2.39. The molecule has 0 radical (unpaired) electrons. The Hall–Kier alpha value is -1.60. The van der Waals surface area contributed by atoms with Crippen LogP contribution < -0.4 is 10.5 Å². The summed E-state index contributed by atoms with van der Waals surface area (Å²) >= 11 is 3.22. The highest BCUT2D eigenvalue weighted by molar-refractivity contribution is 9.10. The Labute approximate surface area is 128 Å². The summed E-state index contributed by atoms with van der Waals surface area (Å²) in [5.74, 6) is 0.451. The highest BCUT2D eigenvalue weighted by Crippen LogP contribution is 2.35. The van der Waals surface area contributed by atoms with Gasteiger partial charge in [0, 0.05) is 10.7 Å². The van der Waals surface area contributed by atoms with E-state index in [2.05, 4.69) is 20.9 Å². The van der Waals surface area contributed by atoms with Crippen molar-refractivity contribution >= 4 is 15.9 Å². The summed E-state index contributed by atoms with van der Waals surface area (Å²) in [6.07, 6.45) is -1.31. The van der Waals surface area contributed by atoms with Crippen LogP contribution in [0.25, 0.3) is 0 Å². The predicted molar refractivity (Wildman–Crippen MR) is 76.2 cm³/mol. The normalized spacial score (nSPS) is 11.5. The molecule has 0 bridgehead atoms. The van der Waals surface area contributed by atoms with Crippen LogP contribution in [0, 0.1) is 0 Å². The van der Waals surface area contributed by atoms with Crippen molar-refractivity contribution < 1.29 is 17.9 Å². The largest absolute Gasteiger partial charge is 0.456 e. The third-order valence-electron chi connectivity index (χ3n) is 2.72. The minimum absolute atomic E-state index is 0.1000. The molecule has 0 aliphatic rings. The van der Waals surface area contributed by atoms with Gasteiger partial charge in [0.2, 0.25) is 0 Å². The maximum Gasteiger partial charge on any atom is 0.416 e. The van der Waals surface area contributed by atoms with E-state index in [0.29, 0.717) is 10.2 Å². The lowest BCUT2D eigenvalue weighted by atomic mass is 10.0. The van der Waals surface area contributed by atoms with Crippen molar-refractivity contribution in [2.24, 2.45) is 5.73 Å². The SMILES string of the molecule is NCCc1ccc(Oc2cncc(Br)c2)cc1C(F)(F)F. The molecule has 1 aromatic carbocycles. The van der Waals surface area contributed by atoms with Crippen molar-refractivity contribution in [3.63, 3.8) is 0 Å². The number of rotatable bonds is 4. The fourth-order valence-electron chi connectivity index (χ4n) is 1.84. The zero-order chi connectivity index (χ0) is 15.5. The lowest BCUT2D eigenvalue weighted by Gasteiger charge is -2.14. The van der Waals surface area contributed by atoms with Gasteiger partial charge < -0.3 is 10.5 Å². The molecule has 1 aromatic heterocycles. The van der Waals surface area contributed by atoms with Crippen LogP contribution in [0.15, 0.2) is 41.1 Å². The number of hydrogen-bond acceptors (Lipinski definition) is 3. The number of alkyl halides is 3. The third-order valence-corrected chi connectivity index (χ3v) is 3.15. The standard InChI is InChI=1S/C14H12BrF3N2O/c15-10-5-12(8-20-7-10)21-11-2-1-9(3-4-19)13(6-11)14(16,17)18/h1-2,5-8H,3-4,19H2. The van der Waals surface area contributed by atoms with Crippen LogP contribution in [0.3, 0.4) is 0 Å². The first kappa shape index (κ1) is 15.8. The lowest BCUT2D eigenvalue weighted by molar-refractivity contribution is -0.138. The van der Waals surface area contributed by atoms with Crippen molar-refractivity contribution in [3.05, 3.63) is 52.3 Å². The lowest BCUT2D eigenvalue weighted by Crippen LogP contribution is -2.12. The van der Waals surface area contributed by atoms with E-state index in [9.17, 15) is 13.2 Å². The van der Waals surface area contributed by atoms with Crippen LogP contribution in [-0.4, -0.2) is 11.5 Å². The number of benzene rings is 1. The number of halogens is 4. The first-order valence-electron chi connectivity index (χ1n) is 6.09. The van der Waals surface area contributed by atoms with Gasteiger partial charge in [-0.1, -0.05) is 6.07 Å². The topological polar surface area (TPSA) is 48.1 Å². The molecule has 2 aromatic rings. The third kappa shape index (κ3) is 4.18. The molecular formula is C14H12BrF3N2O. The van der Waals surface area contributed by atoms with Gasteiger partial charge in [-0.05, 0) is 52.7 Å². The maximum absolute atomic E-state index is 13.0. The van der Waals surface area contributed by atoms with Gasteiger partial charge in [-0.15, -0.1) is 0 Å². The molecule has 0 saturated heterocycles. The molecule has 0 amide bonds. The zero-order valence-electron chi connectivity index (χ0n) is 10.8. The minimum atomic E-state index is -4.45. The molecule has 21 heavy (non-hydrogen) atoms. The van der Waals surface area contributed by atoms with E-state index in [-0.39, 0.29) is 24.3 Å². The fraction of sp³-hybridized carbons (Fsp3) is 0.214. The second-order valence-electron chi connectivity index (χ2n) is 4.30. The molecular weight excluding hydrogens is 349 g/mol. The summed E-state index contributed by atoms with van der Waals surface area (Å²) in [6, 6.07) is 5.47. The summed E-state index contributed by atoms with van der Waals surface area (Å²) < 4.78 is 45.2. The first-order valence-corrected chi connectivity index (χ1v) is 6.88. The zero-order valence-corrected chi connectivity index (χ0v) is 12.4. The van der Waals surface area contributed by atoms with E-state index in [1.165, 1.54) is 18.3 Å². The summed E-state index contributed by atoms with van der Waals surface area (Å²) in [6.45, 7) is 0.152. The van der Waals surface area contributed by atoms with Crippen molar-refractivity contribution in [2.75, 3.05) is 6.54 Å². The predicted octanol–water partition coefficient (Wildman–Crippen LogP) is 4.16. The highest BCUT2D eigenvalue weighted by Gasteiger charge is 2.33. The van der Waals surface area contributed by atoms with Gasteiger partial charge in [-0.3, -0.25) is 4.98 Å². The second-order valence-corrected chi connectivity index (χ2v) is 5.21. The van der Waals surface area contributed by atoms with Crippen LogP contribution in [0.5, 0.6) is 11.5 Å². The van der Waals surface area contributed by atoms with Gasteiger partial charge in [-0.25, -0.2) is 0 Å². The molecule has 2 rings (SSSR count). The molecule has 3 nitrogen and oxygen atoms in total. The Morgan fingerprint density at radius 2 is 1.90 bits per heavy atom. The van der Waals surface area contributed by atoms with Crippen LogP contribution in [0.2, 0.25) is 0 Å². The van der Waals surface area contributed by atoms with Gasteiger partial charge in [0.1, 0.15) is 11.5 Å². The van der Waals surface area contributed by atoms with Crippen molar-refractivity contribution in [3.8, 4) is 11.5 Å². The van der Waals surface area contributed by atoms with Crippen LogP contribution in [0.4, 0.5) is 13.2 Å². The Kier molecular flexibility index (Phi) is 4.84. The number of nitrogens with zero attached hydrogens (tertiary/aromatic N) is 1. The van der Waals surface area contributed by atoms with Crippen LogP contribution >= 0.6 is 15.9 Å². The van der Waals surface area contributed by atoms with Gasteiger partial charge in [-0.2, -0.15) is 13.2 Å². The van der Waals surface area contributed by atoms with E-state index >= 15 is 0 Å². The molecule has 0 fully saturated rings. The van der Waals surface area contributed by atoms with Crippen molar-refractivity contribution in [1.82, 2.24) is 4.98 Å². The Morgan fingerprint density at radius 1 is 1.14 bits per heavy atom. The number of nitrogens with two attached hydrogens (primary N) is 1. The van der Waals surface area contributed by atoms with Gasteiger partial charge in [0.15, 0.2) is 0 Å². The van der Waals surface area contributed by atoms with Crippen LogP contribution in [0.1, 0.15) is 11.1 Å². The highest BCUT2D eigenvalue weighted by atomic mass is 79.9. The summed E-state index contributed by atoms with van der Waals surface area (Å²) in [5.41, 5.74) is 4.77. The number of hydrogen-bond donors (Lipinski definition) is 1. The minimum Gasteiger partial charge on any atom is -0.456 e. The molecule has 7 heteroatoms. The second kappa shape index (κ2) is 6.44. The summed E-state index contributed by atoms with van der Waals surface area (Å²) in [7, 11) is 0. The molecule has 0 unspecified atom stereocenters. The number of aromatic nitrogens is 1. The molecule has 112 valence electrons. The molecule has 0 aliphatic carbocycles. The molecule has 1 heterocycles. The Bertz CT molecular complexity index is 632. The van der Waals surface area contributed by atoms with E-state index < -0.39 is 11.7 Å². The monoisotopic (exact) mass is 360 g/mol. The Morgan fingerprint density at radius 3 is 2.52 bits per heavy atom. The molecule has 0 saturated carbocycles. The van der Waals surface area contributed by atoms with E-state index in [1.54, 1.807) is 12.3 Å². The van der Waals surface area contributed by atoms with E-state index in [0.717, 1.165) is 6.07 Å². The smallest absolute Gasteiger partial charge is 0.416 e. The first-order chi connectivity index (χ1) is 9.90. The number of ether oxygens (including phenoxy) is 1. The maximum atomic E-state index is 13.0. The van der Waals surface area contributed by atoms with Gasteiger partial charge in [0.05, 0.1) is 11.8 Å². The van der Waals surface area contributed by atoms with Crippen molar-refractivity contribution in [2.45, 2.75) is 12.6 Å². The van der Waals surface area contributed by atoms with E-state index in [1.807, 2.05) is 0 Å². The molecule has 0 aliphatic heterocycles. The fourth-order valence-corrected chi connectivity index (χ4v) is 2.18. The number of pyridine rings is 1. The van der Waals surface area contributed by atoms with Crippen LogP contribution in [-0.2, 0) is 12.6 Å². The van der Waals surface area contributed by atoms with Gasteiger partial charge >= 0.3 is 6.18 Å². The van der Waals surface area contributed by atoms with E-state index in [4.69, 9.17) is 10.5 Å². The quantitative estimate of drug-likeness (QED) is 0.890. The Balaban J connectivity index is 2.33. The molecule has 2 N–H and O–H groups in total. The molecule has 0 spiro atoms. The van der Waals surface area contributed by atoms with Crippen molar-refractivity contribution in [1.29, 1.82) is 0 Å². The summed E-state index contributed by atoms with van der Waals surface area (Å²) in [5, 5.41) is 0. The van der Waals surface area contributed by atoms with Gasteiger partial charge in [0.25, 0.3) is 0 Å². The average molecular weight is 361 g/mol. The molecule has 0 atom stereocenters.